The van der Waals surface area contributed by atoms with Crippen LogP contribution in [0.4, 0.5) is 0 Å². The van der Waals surface area contributed by atoms with Crippen molar-refractivity contribution in [3.63, 3.8) is 0 Å². The van der Waals surface area contributed by atoms with Crippen molar-refractivity contribution >= 4 is 0 Å². The van der Waals surface area contributed by atoms with E-state index in [0.29, 0.717) is 16.2 Å². The second kappa shape index (κ2) is 29.6. The summed E-state index contributed by atoms with van der Waals surface area (Å²) < 4.78 is 0. The fourth-order valence-electron chi connectivity index (χ4n) is 15.0. The molecule has 0 saturated heterocycles. The van der Waals surface area contributed by atoms with Gasteiger partial charge in [-0.25, -0.2) is 0 Å². The summed E-state index contributed by atoms with van der Waals surface area (Å²) in [7, 11) is 0. The lowest BCUT2D eigenvalue weighted by atomic mass is 9.65. The van der Waals surface area contributed by atoms with Gasteiger partial charge in [0.25, 0.3) is 0 Å². The van der Waals surface area contributed by atoms with E-state index in [0.717, 1.165) is 88.8 Å². The Labute approximate surface area is 393 Å². The van der Waals surface area contributed by atoms with Gasteiger partial charge in [0.1, 0.15) is 0 Å². The summed E-state index contributed by atoms with van der Waals surface area (Å²) in [6, 6.07) is 0. The second-order valence-electron chi connectivity index (χ2n) is 25.8. The fraction of sp³-hybridized carbons (Fsp3) is 1.00. The molecular weight excluding hydrogens is 733 g/mol. The summed E-state index contributed by atoms with van der Waals surface area (Å²) >= 11 is 0. The molecule has 0 aromatic heterocycles. The third-order valence-corrected chi connectivity index (χ3v) is 18.7. The van der Waals surface area contributed by atoms with Crippen LogP contribution in [0.2, 0.25) is 0 Å². The molecule has 0 heteroatoms. The van der Waals surface area contributed by atoms with Crippen LogP contribution in [0.3, 0.4) is 0 Å². The molecule has 4 bridgehead atoms. The van der Waals surface area contributed by atoms with Gasteiger partial charge in [0.15, 0.2) is 0 Å². The molecule has 13 unspecified atom stereocenters. The van der Waals surface area contributed by atoms with E-state index in [1.807, 2.05) is 0 Å². The maximum absolute atomic E-state index is 2.47. The van der Waals surface area contributed by atoms with Crippen molar-refractivity contribution in [3.05, 3.63) is 0 Å². The molecule has 0 aromatic rings. The fourth-order valence-corrected chi connectivity index (χ4v) is 15.0. The minimum atomic E-state index is 0. The lowest BCUT2D eigenvalue weighted by molar-refractivity contribution is 0.0996. The topological polar surface area (TPSA) is 0 Å². The molecule has 0 radical (unpaired) electrons. The van der Waals surface area contributed by atoms with Crippen LogP contribution in [0.15, 0.2) is 0 Å². The molecule has 8 saturated carbocycles. The van der Waals surface area contributed by atoms with Crippen LogP contribution in [0.25, 0.3) is 0 Å². The van der Waals surface area contributed by atoms with Gasteiger partial charge in [-0.3, -0.25) is 0 Å². The molecule has 0 spiro atoms. The number of rotatable bonds is 1. The Balaban J connectivity index is -0.000000654. The third-order valence-electron chi connectivity index (χ3n) is 18.7. The molecule has 0 nitrogen and oxygen atoms in total. The first-order chi connectivity index (χ1) is 26.0. The highest BCUT2D eigenvalue weighted by atomic mass is 14.6. The zero-order chi connectivity index (χ0) is 42.0. The number of fused-ring (bicyclic) bond motifs is 4. The van der Waals surface area contributed by atoms with E-state index in [1.165, 1.54) is 109 Å². The van der Waals surface area contributed by atoms with Crippen LogP contribution in [0.5, 0.6) is 0 Å². The van der Waals surface area contributed by atoms with Gasteiger partial charge in [0, 0.05) is 0 Å². The normalized spacial score (nSPS) is 38.2. The van der Waals surface area contributed by atoms with E-state index in [-0.39, 0.29) is 37.1 Å². The molecule has 0 amide bonds. The van der Waals surface area contributed by atoms with Crippen molar-refractivity contribution in [2.75, 3.05) is 0 Å². The van der Waals surface area contributed by atoms with E-state index in [2.05, 4.69) is 118 Å². The van der Waals surface area contributed by atoms with Crippen LogP contribution < -0.4 is 0 Å². The van der Waals surface area contributed by atoms with Gasteiger partial charge < -0.3 is 0 Å². The standard InChI is InChI=1S/C11H22.C10H18.2C10H20.C8H14.C7H14.5CH4/c1-8(2)11-6-5-9(3)7-10(11)4;1-7-6-8-4-5-9(7)10(8,2)3;1-8-5-9(2)7-10(3,4)6-8;1-8-6-5-7-10(3,4)9(8)2;1-6-4-7-2-3-8(6)5-7;1-7-5-3-2-4-6-7;;;;;/h8-11H,5-7H2,1-4H3;7-9H,4-6H2,1-3H3;2*8-9H,5-7H2,1-4H3;6-8H,2-5H2,1H3;7H,2-6H2,1H3;5*1H4. The molecule has 8 aliphatic carbocycles. The van der Waals surface area contributed by atoms with E-state index in [4.69, 9.17) is 0 Å². The largest absolute Gasteiger partial charge is 0.0776 e. The van der Waals surface area contributed by atoms with Crippen LogP contribution in [-0.2, 0) is 0 Å². The highest BCUT2D eigenvalue weighted by Crippen LogP contribution is 2.60. The quantitative estimate of drug-likeness (QED) is 0.246. The van der Waals surface area contributed by atoms with Gasteiger partial charge in [-0.1, -0.05) is 213 Å². The van der Waals surface area contributed by atoms with Crippen molar-refractivity contribution in [1.29, 1.82) is 0 Å². The molecule has 13 atom stereocenters. The molecule has 61 heavy (non-hydrogen) atoms. The molecule has 0 heterocycles. The van der Waals surface area contributed by atoms with Crippen molar-refractivity contribution in [1.82, 2.24) is 0 Å². The smallest absolute Gasteiger partial charge is 0.0295 e. The van der Waals surface area contributed by atoms with Crippen LogP contribution in [0, 0.1) is 105 Å². The summed E-state index contributed by atoms with van der Waals surface area (Å²) in [6.07, 6.45) is 31.2. The molecule has 0 aromatic carbocycles. The van der Waals surface area contributed by atoms with E-state index >= 15 is 0 Å². The predicted octanol–water partition coefficient (Wildman–Crippen LogP) is 21.9. The van der Waals surface area contributed by atoms with Gasteiger partial charge in [-0.15, -0.1) is 0 Å². The average molecular weight is 862 g/mol. The third kappa shape index (κ3) is 21.0. The zero-order valence-electron chi connectivity index (χ0n) is 42.0. The van der Waals surface area contributed by atoms with Gasteiger partial charge in [-0.2, -0.15) is 0 Å². The monoisotopic (exact) mass is 861 g/mol. The van der Waals surface area contributed by atoms with Crippen molar-refractivity contribution in [2.24, 2.45) is 105 Å². The van der Waals surface area contributed by atoms with E-state index < -0.39 is 0 Å². The summed E-state index contributed by atoms with van der Waals surface area (Å²) in [5, 5.41) is 0. The first-order valence-electron chi connectivity index (χ1n) is 26.0. The maximum Gasteiger partial charge on any atom is -0.0295 e. The van der Waals surface area contributed by atoms with Crippen LogP contribution in [-0.4, -0.2) is 0 Å². The molecule has 0 aliphatic heterocycles. The Hall–Kier alpha value is 0. The summed E-state index contributed by atoms with van der Waals surface area (Å²) in [5.41, 5.74) is 1.92. The lowest BCUT2D eigenvalue weighted by Crippen LogP contribution is -2.31. The average Bonchev–Trinajstić information content (AvgIpc) is 3.82. The highest BCUT2D eigenvalue weighted by molar-refractivity contribution is 5.00. The summed E-state index contributed by atoms with van der Waals surface area (Å²) in [6.45, 7) is 40.9. The predicted molar refractivity (Wildman–Crippen MR) is 287 cm³/mol. The van der Waals surface area contributed by atoms with E-state index in [1.54, 1.807) is 25.7 Å². The Kier molecular flexibility index (Phi) is 31.7. The summed E-state index contributed by atoms with van der Waals surface area (Å²) in [5.74, 6) is 15.2. The van der Waals surface area contributed by atoms with Crippen molar-refractivity contribution in [3.8, 4) is 0 Å². The maximum atomic E-state index is 2.47. The molecular formula is C61H128. The number of hydrogen-bond acceptors (Lipinski definition) is 0. The van der Waals surface area contributed by atoms with E-state index in [9.17, 15) is 0 Å². The lowest BCUT2D eigenvalue weighted by Gasteiger charge is -2.40. The second-order valence-corrected chi connectivity index (χ2v) is 25.8. The van der Waals surface area contributed by atoms with Gasteiger partial charge in [0.2, 0.25) is 0 Å². The zero-order valence-corrected chi connectivity index (χ0v) is 42.0. The summed E-state index contributed by atoms with van der Waals surface area (Å²) in [4.78, 5) is 0. The molecule has 8 aliphatic rings. The van der Waals surface area contributed by atoms with Crippen LogP contribution in [0.1, 0.15) is 290 Å². The Bertz CT molecular complexity index is 1040. The van der Waals surface area contributed by atoms with Crippen molar-refractivity contribution in [2.45, 2.75) is 290 Å². The Morgan fingerprint density at radius 2 is 1.00 bits per heavy atom. The molecule has 0 N–H and O–H groups in total. The molecule has 372 valence electrons. The first-order valence-corrected chi connectivity index (χ1v) is 26.0. The van der Waals surface area contributed by atoms with Gasteiger partial charge in [-0.05, 0) is 182 Å². The molecule has 8 fully saturated rings. The molecule has 8 rings (SSSR count). The minimum Gasteiger partial charge on any atom is -0.0776 e. The SMILES string of the molecule is C.C.C.C.C.CC1CC(C)CC(C)(C)C1.CC1CC2CCC1C2.CC1CC2CCC1C2(C)C.CC1CCC(C(C)C)C(C)C1.CC1CCCC(C)(C)C1C.CC1CCCCC1. The van der Waals surface area contributed by atoms with Gasteiger partial charge >= 0.3 is 0 Å². The van der Waals surface area contributed by atoms with Crippen LogP contribution >= 0.6 is 0 Å². The first kappa shape index (κ1) is 65.3. The minimum absolute atomic E-state index is 0. The Morgan fingerprint density at radius 3 is 1.30 bits per heavy atom. The highest BCUT2D eigenvalue weighted by Gasteiger charge is 2.51. The van der Waals surface area contributed by atoms with Gasteiger partial charge in [0.05, 0.1) is 0 Å². The number of hydrogen-bond donors (Lipinski definition) is 0. The Morgan fingerprint density at radius 1 is 0.426 bits per heavy atom. The van der Waals surface area contributed by atoms with Crippen molar-refractivity contribution < 1.29 is 0 Å².